The second-order valence-electron chi connectivity index (χ2n) is 8.70. The van der Waals surface area contributed by atoms with Gasteiger partial charge in [0.05, 0.1) is 11.6 Å². The molecule has 1 saturated heterocycles. The molecule has 2 aromatic carbocycles. The summed E-state index contributed by atoms with van der Waals surface area (Å²) >= 11 is 0. The maximum Gasteiger partial charge on any atom is 0.402 e. The first kappa shape index (κ1) is 26.9. The second-order valence-corrected chi connectivity index (χ2v) is 8.70. The van der Waals surface area contributed by atoms with Crippen LogP contribution in [0.5, 0.6) is 23.0 Å². The molecule has 5 unspecified atom stereocenters. The molecule has 0 saturated carbocycles. The number of aliphatic hydroxyl groups excluding tert-OH is 3. The molecule has 0 aliphatic carbocycles. The molecule has 2 heterocycles. The number of aliphatic carboxylic acids is 1. The Hall–Kier alpha value is -4.17. The maximum atomic E-state index is 11.6. The zero-order valence-electron chi connectivity index (χ0n) is 19.8. The highest BCUT2D eigenvalue weighted by molar-refractivity contribution is 5.90. The molecule has 3 aromatic rings. The van der Waals surface area contributed by atoms with Crippen LogP contribution < -0.4 is 4.74 Å². The van der Waals surface area contributed by atoms with E-state index in [-0.39, 0.29) is 39.7 Å². The van der Waals surface area contributed by atoms with E-state index in [9.17, 15) is 40.2 Å². The standard InChI is InChI=1S/C25H24O13/c1-10-2-3-11(4-14(10)27)24-17(7-13-15(28)5-12(26)6-16(13)36-24)37-25-23(34)22(33)21(32)18(38-25)9-35-20(31)8-19(29)30/h2-7,18,21-23,25,32-34H,8-9H2,1H3,(H3-,26,27,28,29,30)/p+1. The van der Waals surface area contributed by atoms with E-state index in [1.165, 1.54) is 18.2 Å². The Morgan fingerprint density at radius 1 is 0.974 bits per heavy atom. The molecule has 0 amide bonds. The van der Waals surface area contributed by atoms with Crippen LogP contribution in [0, 0.1) is 6.92 Å². The van der Waals surface area contributed by atoms with Gasteiger partial charge < -0.3 is 50.0 Å². The van der Waals surface area contributed by atoms with Gasteiger partial charge in [0, 0.05) is 12.1 Å². The summed E-state index contributed by atoms with van der Waals surface area (Å²) in [6, 6.07) is 8.18. The Morgan fingerprint density at radius 3 is 2.39 bits per heavy atom. The van der Waals surface area contributed by atoms with E-state index in [2.05, 4.69) is 0 Å². The number of carbonyl (C=O) groups is 2. The SMILES string of the molecule is Cc1ccc(-c2[o+]c3cc(O)cc(O)c3cc2OC2OC(COC(=O)CC(=O)O)C(O)C(O)C2O)cc1O. The predicted molar refractivity (Wildman–Crippen MR) is 126 cm³/mol. The number of phenols is 3. The van der Waals surface area contributed by atoms with Gasteiger partial charge in [-0.25, -0.2) is 4.42 Å². The number of phenolic OH excluding ortho intramolecular Hbond substituents is 3. The monoisotopic (exact) mass is 533 g/mol. The highest BCUT2D eigenvalue weighted by atomic mass is 16.7. The Labute approximate surface area is 214 Å². The van der Waals surface area contributed by atoms with Crippen molar-refractivity contribution in [2.45, 2.75) is 44.1 Å². The molecule has 1 fully saturated rings. The number of carbonyl (C=O) groups excluding carboxylic acids is 1. The molecule has 0 radical (unpaired) electrons. The lowest BCUT2D eigenvalue weighted by molar-refractivity contribution is -0.278. The molecule has 13 heteroatoms. The van der Waals surface area contributed by atoms with Crippen LogP contribution >= 0.6 is 0 Å². The smallest absolute Gasteiger partial charge is 0.402 e. The Kier molecular flexibility index (Phi) is 7.55. The van der Waals surface area contributed by atoms with Gasteiger partial charge in [-0.3, -0.25) is 9.59 Å². The van der Waals surface area contributed by atoms with Gasteiger partial charge in [-0.05, 0) is 24.6 Å². The minimum absolute atomic E-state index is 0.0151. The summed E-state index contributed by atoms with van der Waals surface area (Å²) < 4.78 is 22.0. The maximum absolute atomic E-state index is 11.6. The summed E-state index contributed by atoms with van der Waals surface area (Å²) in [6.45, 7) is 1.02. The lowest BCUT2D eigenvalue weighted by Gasteiger charge is -2.39. The van der Waals surface area contributed by atoms with Crippen LogP contribution in [0.2, 0.25) is 0 Å². The number of esters is 1. The van der Waals surface area contributed by atoms with Crippen molar-refractivity contribution < 1.29 is 64.0 Å². The average molecular weight is 533 g/mol. The molecule has 7 N–H and O–H groups in total. The van der Waals surface area contributed by atoms with Crippen molar-refractivity contribution in [2.24, 2.45) is 0 Å². The summed E-state index contributed by atoms with van der Waals surface area (Å²) in [5.74, 6) is -3.40. The third kappa shape index (κ3) is 5.55. The number of rotatable bonds is 7. The van der Waals surface area contributed by atoms with Crippen molar-refractivity contribution in [1.82, 2.24) is 0 Å². The minimum atomic E-state index is -1.81. The van der Waals surface area contributed by atoms with E-state index in [0.29, 0.717) is 11.1 Å². The molecule has 202 valence electrons. The lowest BCUT2D eigenvalue weighted by atomic mass is 9.99. The summed E-state index contributed by atoms with van der Waals surface area (Å²) in [4.78, 5) is 22.3. The van der Waals surface area contributed by atoms with E-state index in [4.69, 9.17) is 23.7 Å². The first-order chi connectivity index (χ1) is 17.9. The third-order valence-corrected chi connectivity index (χ3v) is 5.90. The normalized spacial score (nSPS) is 23.2. The fourth-order valence-electron chi connectivity index (χ4n) is 3.85. The number of hydrogen-bond acceptors (Lipinski definition) is 11. The molecule has 5 atom stereocenters. The molecule has 13 nitrogen and oxygen atoms in total. The molecule has 1 aliphatic heterocycles. The van der Waals surface area contributed by atoms with Crippen LogP contribution in [0.15, 0.2) is 40.8 Å². The van der Waals surface area contributed by atoms with Crippen LogP contribution in [0.25, 0.3) is 22.3 Å². The number of aryl methyl sites for hydroxylation is 1. The van der Waals surface area contributed by atoms with Crippen molar-refractivity contribution in [2.75, 3.05) is 6.61 Å². The van der Waals surface area contributed by atoms with Crippen LogP contribution in [0.1, 0.15) is 12.0 Å². The number of aliphatic hydroxyl groups is 3. The lowest BCUT2D eigenvalue weighted by Crippen LogP contribution is -2.60. The van der Waals surface area contributed by atoms with E-state index in [1.54, 1.807) is 19.1 Å². The quantitative estimate of drug-likeness (QED) is 0.128. The molecular formula is C25H25O13+. The molecule has 1 aromatic heterocycles. The Balaban J connectivity index is 1.70. The van der Waals surface area contributed by atoms with Crippen molar-refractivity contribution in [1.29, 1.82) is 0 Å². The van der Waals surface area contributed by atoms with Crippen LogP contribution in [0.4, 0.5) is 0 Å². The fraction of sp³-hybridized carbons (Fsp3) is 0.320. The topological polar surface area (TPSA) is 215 Å². The van der Waals surface area contributed by atoms with Gasteiger partial charge in [-0.15, -0.1) is 0 Å². The second kappa shape index (κ2) is 10.7. The largest absolute Gasteiger partial charge is 0.508 e. The van der Waals surface area contributed by atoms with Gasteiger partial charge in [0.2, 0.25) is 12.0 Å². The van der Waals surface area contributed by atoms with Gasteiger partial charge in [0.1, 0.15) is 60.1 Å². The summed E-state index contributed by atoms with van der Waals surface area (Å²) in [5, 5.41) is 70.4. The molecular weight excluding hydrogens is 508 g/mol. The van der Waals surface area contributed by atoms with Gasteiger partial charge >= 0.3 is 23.3 Å². The van der Waals surface area contributed by atoms with Crippen molar-refractivity contribution >= 4 is 22.9 Å². The minimum Gasteiger partial charge on any atom is -0.508 e. The first-order valence-corrected chi connectivity index (χ1v) is 11.3. The number of hydrogen-bond donors (Lipinski definition) is 7. The van der Waals surface area contributed by atoms with Crippen molar-refractivity contribution in [3.8, 4) is 34.3 Å². The summed E-state index contributed by atoms with van der Waals surface area (Å²) in [7, 11) is 0. The van der Waals surface area contributed by atoms with Crippen molar-refractivity contribution in [3.63, 3.8) is 0 Å². The molecule has 0 bridgehead atoms. The Bertz CT molecular complexity index is 1370. The third-order valence-electron chi connectivity index (χ3n) is 5.90. The van der Waals surface area contributed by atoms with Gasteiger partial charge in [0.25, 0.3) is 0 Å². The highest BCUT2D eigenvalue weighted by Crippen LogP contribution is 2.41. The average Bonchev–Trinajstić information content (AvgIpc) is 2.84. The number of carboxylic acid groups (broad SMARTS) is 1. The zero-order chi connectivity index (χ0) is 27.7. The summed E-state index contributed by atoms with van der Waals surface area (Å²) in [6.07, 6.45) is -9.35. The van der Waals surface area contributed by atoms with Gasteiger partial charge in [-0.1, -0.05) is 6.07 Å². The first-order valence-electron chi connectivity index (χ1n) is 11.3. The number of aromatic hydroxyl groups is 3. The van der Waals surface area contributed by atoms with Crippen LogP contribution in [-0.2, 0) is 19.1 Å². The van der Waals surface area contributed by atoms with Gasteiger partial charge in [0.15, 0.2) is 0 Å². The van der Waals surface area contributed by atoms with E-state index in [1.807, 2.05) is 0 Å². The molecule has 4 rings (SSSR count). The Morgan fingerprint density at radius 2 is 1.71 bits per heavy atom. The number of benzene rings is 2. The fourth-order valence-corrected chi connectivity index (χ4v) is 3.85. The van der Waals surface area contributed by atoms with Crippen molar-refractivity contribution in [3.05, 3.63) is 42.0 Å². The van der Waals surface area contributed by atoms with E-state index < -0.39 is 55.7 Å². The van der Waals surface area contributed by atoms with Crippen LogP contribution in [-0.4, -0.2) is 85.0 Å². The molecule has 38 heavy (non-hydrogen) atoms. The molecule has 0 spiro atoms. The van der Waals surface area contributed by atoms with E-state index in [0.717, 1.165) is 6.07 Å². The zero-order valence-corrected chi connectivity index (χ0v) is 19.8. The van der Waals surface area contributed by atoms with Crippen LogP contribution in [0.3, 0.4) is 0 Å². The molecule has 1 aliphatic rings. The van der Waals surface area contributed by atoms with Gasteiger partial charge in [-0.2, -0.15) is 0 Å². The van der Waals surface area contributed by atoms with E-state index >= 15 is 0 Å². The highest BCUT2D eigenvalue weighted by Gasteiger charge is 2.46. The number of carboxylic acids is 1. The number of fused-ring (bicyclic) bond motifs is 1. The number of ether oxygens (including phenoxy) is 3. The summed E-state index contributed by atoms with van der Waals surface area (Å²) in [5.41, 5.74) is 0.919. The predicted octanol–water partition coefficient (Wildman–Crippen LogP) is 1.01.